The van der Waals surface area contributed by atoms with E-state index < -0.39 is 6.36 Å². The molecular weight excluding hydrogens is 423 g/mol. The van der Waals surface area contributed by atoms with E-state index in [1.165, 1.54) is 24.3 Å². The summed E-state index contributed by atoms with van der Waals surface area (Å²) < 4.78 is 45.8. The summed E-state index contributed by atoms with van der Waals surface area (Å²) in [6, 6.07) is 5.18. The first kappa shape index (κ1) is 20.2. The molecule has 156 valence electrons. The van der Waals surface area contributed by atoms with Crippen molar-refractivity contribution in [3.05, 3.63) is 65.1 Å². The third-order valence-corrected chi connectivity index (χ3v) is 4.91. The van der Waals surface area contributed by atoms with E-state index in [2.05, 4.69) is 14.9 Å². The Labute approximate surface area is 174 Å². The number of hydrogen-bond donors (Lipinski definition) is 0. The predicted octanol–water partition coefficient (Wildman–Crippen LogP) is 4.57. The molecule has 0 N–H and O–H groups in total. The highest BCUT2D eigenvalue weighted by Gasteiger charge is 2.36. The Morgan fingerprint density at radius 2 is 1.90 bits per heavy atom. The first-order valence-corrected chi connectivity index (χ1v) is 9.39. The summed E-state index contributed by atoms with van der Waals surface area (Å²) in [4.78, 5) is 18.5. The van der Waals surface area contributed by atoms with Crippen molar-refractivity contribution in [2.75, 3.05) is 13.1 Å². The highest BCUT2D eigenvalue weighted by atomic mass is 35.5. The molecule has 0 bridgehead atoms. The number of aromatic nitrogens is 2. The molecule has 2 aliphatic rings. The van der Waals surface area contributed by atoms with Gasteiger partial charge in [0.25, 0.3) is 5.91 Å². The molecule has 2 aromatic rings. The topological polar surface area (TPSA) is 68.5 Å². The average molecular weight is 438 g/mol. The van der Waals surface area contributed by atoms with Crippen LogP contribution in [0, 0.1) is 0 Å². The Balaban J connectivity index is 1.36. The van der Waals surface area contributed by atoms with Crippen LogP contribution < -0.4 is 4.74 Å². The lowest BCUT2D eigenvalue weighted by Gasteiger charge is -2.37. The Kier molecular flexibility index (Phi) is 5.38. The number of ether oxygens (including phenoxy) is 1. The molecule has 0 saturated carbocycles. The Bertz CT molecular complexity index is 1040. The summed E-state index contributed by atoms with van der Waals surface area (Å²) in [5.41, 5.74) is 1.07. The summed E-state index contributed by atoms with van der Waals surface area (Å²) in [5.74, 6) is 0.104. The number of amides is 1. The minimum Gasteiger partial charge on any atom is -0.406 e. The number of carbonyl (C=O) groups excluding carboxylic acids is 1. The number of nitrogens with zero attached hydrogens (tertiary/aromatic N) is 3. The van der Waals surface area contributed by atoms with Gasteiger partial charge < -0.3 is 14.2 Å². The van der Waals surface area contributed by atoms with Gasteiger partial charge in [0, 0.05) is 29.3 Å². The van der Waals surface area contributed by atoms with Crippen molar-refractivity contribution in [3.63, 3.8) is 0 Å². The fraction of sp³-hybridized carbons (Fsp3) is 0.250. The second-order valence-corrected chi connectivity index (χ2v) is 7.19. The smallest absolute Gasteiger partial charge is 0.406 e. The quantitative estimate of drug-likeness (QED) is 0.701. The molecule has 4 rings (SSSR count). The zero-order valence-corrected chi connectivity index (χ0v) is 16.2. The zero-order chi connectivity index (χ0) is 21.3. The Morgan fingerprint density at radius 1 is 1.17 bits per heavy atom. The summed E-state index contributed by atoms with van der Waals surface area (Å²) in [7, 11) is 0. The predicted molar refractivity (Wildman–Crippen MR) is 102 cm³/mol. The molecule has 0 unspecified atom stereocenters. The van der Waals surface area contributed by atoms with Gasteiger partial charge in [-0.1, -0.05) is 28.9 Å². The van der Waals surface area contributed by atoms with Crippen molar-refractivity contribution in [2.24, 2.45) is 0 Å². The van der Waals surface area contributed by atoms with Crippen LogP contribution in [0.1, 0.15) is 18.2 Å². The molecule has 1 aromatic carbocycles. The fourth-order valence-electron chi connectivity index (χ4n) is 3.07. The van der Waals surface area contributed by atoms with Crippen molar-refractivity contribution in [1.29, 1.82) is 0 Å². The number of allylic oxidation sites excluding steroid dienone is 4. The van der Waals surface area contributed by atoms with Gasteiger partial charge in [0.2, 0.25) is 11.7 Å². The number of hydrogen-bond acceptors (Lipinski definition) is 5. The lowest BCUT2D eigenvalue weighted by molar-refractivity contribution is -0.274. The molecule has 6 nitrogen and oxygen atoms in total. The van der Waals surface area contributed by atoms with Gasteiger partial charge in [-0.05, 0) is 42.8 Å². The molecule has 1 saturated heterocycles. The van der Waals surface area contributed by atoms with E-state index in [0.717, 1.165) is 0 Å². The number of alkyl halides is 3. The Hall–Kier alpha value is -3.07. The average Bonchev–Trinajstić information content (AvgIpc) is 3.01. The van der Waals surface area contributed by atoms with E-state index in [1.807, 2.05) is 12.2 Å². The third kappa shape index (κ3) is 4.56. The monoisotopic (exact) mass is 437 g/mol. The van der Waals surface area contributed by atoms with Crippen LogP contribution in [0.5, 0.6) is 5.75 Å². The standard InChI is InChI=1S/C20H15ClF3N3O3/c21-15-3-1-2-13(4-7-15)19(28)27-10-14(11-27)18-25-17(26-30-18)12-5-8-16(9-6-12)29-20(22,23)24/h2-9,14H,1,10-11H2. The van der Waals surface area contributed by atoms with E-state index in [4.69, 9.17) is 16.1 Å². The van der Waals surface area contributed by atoms with E-state index in [1.54, 1.807) is 17.1 Å². The maximum absolute atomic E-state index is 12.6. The third-order valence-electron chi connectivity index (χ3n) is 4.63. The van der Waals surface area contributed by atoms with Gasteiger partial charge in [0.1, 0.15) is 5.75 Å². The molecule has 0 spiro atoms. The van der Waals surface area contributed by atoms with Crippen molar-refractivity contribution < 1.29 is 27.2 Å². The minimum absolute atomic E-state index is 0.0951. The van der Waals surface area contributed by atoms with Gasteiger partial charge >= 0.3 is 6.36 Å². The lowest BCUT2D eigenvalue weighted by atomic mass is 9.98. The van der Waals surface area contributed by atoms with Crippen LogP contribution in [-0.2, 0) is 4.79 Å². The maximum atomic E-state index is 12.6. The molecule has 30 heavy (non-hydrogen) atoms. The molecule has 2 heterocycles. The van der Waals surface area contributed by atoms with E-state index in [-0.39, 0.29) is 23.4 Å². The number of carbonyl (C=O) groups is 1. The van der Waals surface area contributed by atoms with Gasteiger partial charge in [0.05, 0.1) is 5.92 Å². The van der Waals surface area contributed by atoms with Gasteiger partial charge in [-0.2, -0.15) is 4.98 Å². The summed E-state index contributed by atoms with van der Waals surface area (Å²) in [5, 5.41) is 4.47. The summed E-state index contributed by atoms with van der Waals surface area (Å²) in [6.45, 7) is 0.871. The molecule has 1 aromatic heterocycles. The maximum Gasteiger partial charge on any atom is 0.573 e. The van der Waals surface area contributed by atoms with Crippen molar-refractivity contribution >= 4 is 17.5 Å². The largest absolute Gasteiger partial charge is 0.573 e. The summed E-state index contributed by atoms with van der Waals surface area (Å²) in [6.07, 6.45) is 2.85. The minimum atomic E-state index is -4.75. The number of benzene rings is 1. The number of rotatable bonds is 4. The van der Waals surface area contributed by atoms with Crippen molar-refractivity contribution in [2.45, 2.75) is 18.7 Å². The SMILES string of the molecule is O=C(C1=CCC=C(Cl)C=C1)N1CC(c2nc(-c3ccc(OC(F)(F)F)cc3)no2)C1. The van der Waals surface area contributed by atoms with Gasteiger partial charge in [0.15, 0.2) is 0 Å². The second-order valence-electron chi connectivity index (χ2n) is 6.75. The van der Waals surface area contributed by atoms with Crippen LogP contribution in [0.4, 0.5) is 13.2 Å². The molecule has 0 radical (unpaired) electrons. The van der Waals surface area contributed by atoms with Crippen LogP contribution >= 0.6 is 11.6 Å². The van der Waals surface area contributed by atoms with Crippen molar-refractivity contribution in [1.82, 2.24) is 15.0 Å². The Morgan fingerprint density at radius 3 is 2.60 bits per heavy atom. The fourth-order valence-corrected chi connectivity index (χ4v) is 3.22. The zero-order valence-electron chi connectivity index (χ0n) is 15.4. The molecule has 1 aliphatic carbocycles. The van der Waals surface area contributed by atoms with Crippen LogP contribution in [0.25, 0.3) is 11.4 Å². The summed E-state index contributed by atoms with van der Waals surface area (Å²) >= 11 is 5.94. The van der Waals surface area contributed by atoms with Crippen LogP contribution in [0.3, 0.4) is 0 Å². The van der Waals surface area contributed by atoms with Crippen LogP contribution in [0.2, 0.25) is 0 Å². The van der Waals surface area contributed by atoms with E-state index in [9.17, 15) is 18.0 Å². The molecule has 1 fully saturated rings. The molecule has 0 atom stereocenters. The molecular formula is C20H15ClF3N3O3. The first-order chi connectivity index (χ1) is 14.3. The first-order valence-electron chi connectivity index (χ1n) is 9.01. The lowest BCUT2D eigenvalue weighted by Crippen LogP contribution is -2.49. The molecule has 1 amide bonds. The van der Waals surface area contributed by atoms with Crippen LogP contribution in [0.15, 0.2) is 63.7 Å². The highest BCUT2D eigenvalue weighted by molar-refractivity contribution is 6.31. The highest BCUT2D eigenvalue weighted by Crippen LogP contribution is 2.30. The molecule has 1 aliphatic heterocycles. The van der Waals surface area contributed by atoms with Gasteiger partial charge in [-0.25, -0.2) is 0 Å². The van der Waals surface area contributed by atoms with E-state index in [0.29, 0.717) is 41.6 Å². The number of halogens is 4. The normalized spacial score (nSPS) is 17.1. The van der Waals surface area contributed by atoms with E-state index >= 15 is 0 Å². The molecule has 10 heteroatoms. The van der Waals surface area contributed by atoms with Crippen LogP contribution in [-0.4, -0.2) is 40.4 Å². The number of likely N-dealkylation sites (tertiary alicyclic amines) is 1. The van der Waals surface area contributed by atoms with Gasteiger partial charge in [-0.3, -0.25) is 4.79 Å². The second kappa shape index (κ2) is 7.98. The van der Waals surface area contributed by atoms with Gasteiger partial charge in [-0.15, -0.1) is 13.2 Å². The van der Waals surface area contributed by atoms with Crippen molar-refractivity contribution in [3.8, 4) is 17.1 Å².